The van der Waals surface area contributed by atoms with Gasteiger partial charge < -0.3 is 15.0 Å². The highest BCUT2D eigenvalue weighted by molar-refractivity contribution is 7.14. The third-order valence-electron chi connectivity index (χ3n) is 9.66. The van der Waals surface area contributed by atoms with Crippen LogP contribution in [-0.2, 0) is 16.6 Å². The predicted molar refractivity (Wildman–Crippen MR) is 205 cm³/mol. The molecule has 7 nitrogen and oxygen atoms in total. The van der Waals surface area contributed by atoms with Crippen molar-refractivity contribution in [3.63, 3.8) is 0 Å². The number of carbonyl (C=O) groups is 2. The summed E-state index contributed by atoms with van der Waals surface area (Å²) in [6.45, 7) is 11.1. The molecule has 266 valence electrons. The normalized spacial score (nSPS) is 15.6. The standard InChI is InChI=1S/C42H54N4O3S/c1-6-7-8-9-10-24-49-36-19-17-31(18-20-36)34-27-43-40(44-28-34)32-15-13-30(14-16-32)25-33(41(48)45-29-35-12-11-23-46(35)5)26-37(47)38-21-22-39(50-38)42(2,3)4/h13-22,27-28,33,35H,6-12,23-26,29H2,1-5H3,(H,45,48)/t33-,35-/m1/s1. The van der Waals surface area contributed by atoms with Gasteiger partial charge in [0.1, 0.15) is 5.75 Å². The summed E-state index contributed by atoms with van der Waals surface area (Å²) in [5.41, 5.74) is 3.86. The SMILES string of the molecule is CCCCCCCOc1ccc(-c2cnc(-c3ccc(C[C@H](CC(=O)c4ccc(C(C)(C)C)s4)C(=O)NC[C@H]4CCCN4C)cc3)nc2)cc1. The number of ketones is 1. The second kappa shape index (κ2) is 17.9. The number of hydrogen-bond donors (Lipinski definition) is 1. The van der Waals surface area contributed by atoms with Crippen LogP contribution in [0.2, 0.25) is 0 Å². The summed E-state index contributed by atoms with van der Waals surface area (Å²) in [5, 5.41) is 3.18. The monoisotopic (exact) mass is 694 g/mol. The van der Waals surface area contributed by atoms with E-state index in [9.17, 15) is 9.59 Å². The van der Waals surface area contributed by atoms with Gasteiger partial charge in [-0.05, 0) is 80.1 Å². The Kier molecular flexibility index (Phi) is 13.4. The molecule has 1 aliphatic heterocycles. The summed E-state index contributed by atoms with van der Waals surface area (Å²) in [7, 11) is 2.11. The zero-order chi connectivity index (χ0) is 35.5. The maximum Gasteiger partial charge on any atom is 0.223 e. The molecule has 0 spiro atoms. The number of likely N-dealkylation sites (N-methyl/N-ethyl adjacent to an activating group) is 1. The summed E-state index contributed by atoms with van der Waals surface area (Å²) < 4.78 is 5.92. The van der Waals surface area contributed by atoms with Crippen LogP contribution in [-0.4, -0.2) is 59.3 Å². The third kappa shape index (κ3) is 10.6. The van der Waals surface area contributed by atoms with Gasteiger partial charge in [0.25, 0.3) is 0 Å². The molecule has 1 N–H and O–H groups in total. The molecule has 1 aliphatic rings. The number of nitrogens with zero attached hydrogens (tertiary/aromatic N) is 3. The number of amides is 1. The van der Waals surface area contributed by atoms with Gasteiger partial charge >= 0.3 is 0 Å². The molecule has 50 heavy (non-hydrogen) atoms. The molecular weight excluding hydrogens is 641 g/mol. The molecule has 0 saturated carbocycles. The number of hydrogen-bond acceptors (Lipinski definition) is 7. The van der Waals surface area contributed by atoms with E-state index in [4.69, 9.17) is 4.74 Å². The fourth-order valence-electron chi connectivity index (χ4n) is 6.41. The van der Waals surface area contributed by atoms with Crippen molar-refractivity contribution in [2.45, 2.75) is 96.9 Å². The Hall–Kier alpha value is -3.88. The van der Waals surface area contributed by atoms with Crippen LogP contribution in [0.15, 0.2) is 73.1 Å². The van der Waals surface area contributed by atoms with Crippen LogP contribution in [0.3, 0.4) is 0 Å². The highest BCUT2D eigenvalue weighted by Gasteiger charge is 2.27. The van der Waals surface area contributed by atoms with E-state index in [2.05, 4.69) is 54.9 Å². The number of nitrogens with one attached hydrogen (secondary N) is 1. The van der Waals surface area contributed by atoms with Crippen molar-refractivity contribution in [2.24, 2.45) is 5.92 Å². The first-order chi connectivity index (χ1) is 24.1. The first kappa shape index (κ1) is 37.4. The molecule has 1 amide bonds. The van der Waals surface area contributed by atoms with Crippen LogP contribution in [0.5, 0.6) is 5.75 Å². The van der Waals surface area contributed by atoms with Crippen molar-refractivity contribution < 1.29 is 14.3 Å². The lowest BCUT2D eigenvalue weighted by atomic mass is 9.92. The van der Waals surface area contributed by atoms with Gasteiger partial charge in [-0.2, -0.15) is 0 Å². The highest BCUT2D eigenvalue weighted by Crippen LogP contribution is 2.31. The summed E-state index contributed by atoms with van der Waals surface area (Å²) in [6, 6.07) is 20.4. The average Bonchev–Trinajstić information content (AvgIpc) is 3.79. The molecule has 4 aromatic rings. The molecule has 2 aromatic carbocycles. The molecule has 0 bridgehead atoms. The summed E-state index contributed by atoms with van der Waals surface area (Å²) in [5.74, 6) is 1.03. The lowest BCUT2D eigenvalue weighted by Gasteiger charge is -2.22. The number of ether oxygens (including phenoxy) is 1. The highest BCUT2D eigenvalue weighted by atomic mass is 32.1. The molecule has 0 unspecified atom stereocenters. The molecule has 0 radical (unpaired) electrons. The smallest absolute Gasteiger partial charge is 0.223 e. The van der Waals surface area contributed by atoms with Gasteiger partial charge in [0.2, 0.25) is 5.91 Å². The van der Waals surface area contributed by atoms with Gasteiger partial charge in [0, 0.05) is 53.3 Å². The zero-order valence-electron chi connectivity index (χ0n) is 30.5. The van der Waals surface area contributed by atoms with Crippen molar-refractivity contribution in [1.29, 1.82) is 0 Å². The van der Waals surface area contributed by atoms with Crippen molar-refractivity contribution in [2.75, 3.05) is 26.7 Å². The Labute approximate surface area is 302 Å². The Morgan fingerprint density at radius 3 is 2.26 bits per heavy atom. The number of thiophene rings is 1. The summed E-state index contributed by atoms with van der Waals surface area (Å²) >= 11 is 1.54. The number of benzene rings is 2. The quantitative estimate of drug-likeness (QED) is 0.0877. The van der Waals surface area contributed by atoms with Crippen molar-refractivity contribution in [1.82, 2.24) is 20.2 Å². The van der Waals surface area contributed by atoms with Crippen LogP contribution in [0.4, 0.5) is 0 Å². The first-order valence-electron chi connectivity index (χ1n) is 18.4. The first-order valence-corrected chi connectivity index (χ1v) is 19.2. The van der Waals surface area contributed by atoms with E-state index in [-0.39, 0.29) is 23.5 Å². The number of unbranched alkanes of at least 4 members (excludes halogenated alkanes) is 4. The molecule has 1 fully saturated rings. The fourth-order valence-corrected chi connectivity index (χ4v) is 7.42. The lowest BCUT2D eigenvalue weighted by molar-refractivity contribution is -0.125. The van der Waals surface area contributed by atoms with Crippen LogP contribution in [0, 0.1) is 5.92 Å². The van der Waals surface area contributed by atoms with Gasteiger partial charge in [-0.25, -0.2) is 9.97 Å². The fraction of sp³-hybridized carbons (Fsp3) is 0.476. The molecule has 3 heterocycles. The van der Waals surface area contributed by atoms with E-state index in [0.29, 0.717) is 24.8 Å². The van der Waals surface area contributed by atoms with Gasteiger partial charge in [-0.1, -0.05) is 89.8 Å². The number of carbonyl (C=O) groups excluding carboxylic acids is 2. The Morgan fingerprint density at radius 2 is 1.62 bits per heavy atom. The van der Waals surface area contributed by atoms with Gasteiger partial charge in [0.05, 0.1) is 11.5 Å². The Morgan fingerprint density at radius 1 is 0.920 bits per heavy atom. The zero-order valence-corrected chi connectivity index (χ0v) is 31.4. The summed E-state index contributed by atoms with van der Waals surface area (Å²) in [4.78, 5) is 40.6. The molecule has 2 atom stereocenters. The summed E-state index contributed by atoms with van der Waals surface area (Å²) in [6.07, 6.45) is 12.7. The number of aromatic nitrogens is 2. The topological polar surface area (TPSA) is 84.4 Å². The maximum absolute atomic E-state index is 13.6. The Balaban J connectivity index is 1.21. The number of Topliss-reactive ketones (excluding diaryl/α,β-unsaturated/α-hetero) is 1. The number of rotatable bonds is 17. The molecular formula is C42H54N4O3S. The molecule has 1 saturated heterocycles. The van der Waals surface area contributed by atoms with Gasteiger partial charge in [0.15, 0.2) is 11.6 Å². The maximum atomic E-state index is 13.6. The van der Waals surface area contributed by atoms with Gasteiger partial charge in [-0.3, -0.25) is 9.59 Å². The van der Waals surface area contributed by atoms with Crippen molar-refractivity contribution in [3.05, 3.63) is 88.4 Å². The minimum absolute atomic E-state index is 0.0210. The van der Waals surface area contributed by atoms with Crippen LogP contribution in [0.25, 0.3) is 22.5 Å². The van der Waals surface area contributed by atoms with E-state index >= 15 is 0 Å². The van der Waals surface area contributed by atoms with E-state index in [1.165, 1.54) is 41.9 Å². The van der Waals surface area contributed by atoms with Gasteiger partial charge in [-0.15, -0.1) is 11.3 Å². The molecule has 8 heteroatoms. The van der Waals surface area contributed by atoms with Crippen LogP contribution >= 0.6 is 11.3 Å². The lowest BCUT2D eigenvalue weighted by Crippen LogP contribution is -2.41. The predicted octanol–water partition coefficient (Wildman–Crippen LogP) is 9.16. The Bertz CT molecular complexity index is 1660. The molecule has 5 rings (SSSR count). The largest absolute Gasteiger partial charge is 0.494 e. The molecule has 0 aliphatic carbocycles. The second-order valence-electron chi connectivity index (χ2n) is 14.7. The van der Waals surface area contributed by atoms with Crippen LogP contribution < -0.4 is 10.1 Å². The van der Waals surface area contributed by atoms with E-state index in [1.807, 2.05) is 73.1 Å². The molecule has 2 aromatic heterocycles. The average molecular weight is 695 g/mol. The van der Waals surface area contributed by atoms with Crippen molar-refractivity contribution in [3.8, 4) is 28.3 Å². The van der Waals surface area contributed by atoms with Crippen molar-refractivity contribution >= 4 is 23.0 Å². The minimum Gasteiger partial charge on any atom is -0.494 e. The second-order valence-corrected chi connectivity index (χ2v) is 15.8. The minimum atomic E-state index is -0.460. The number of likely N-dealkylation sites (tertiary alicyclic amines) is 1. The van der Waals surface area contributed by atoms with E-state index in [0.717, 1.165) is 65.3 Å². The van der Waals surface area contributed by atoms with Crippen LogP contribution in [0.1, 0.15) is 99.2 Å². The third-order valence-corrected chi connectivity index (χ3v) is 11.2. The van der Waals surface area contributed by atoms with E-state index < -0.39 is 5.92 Å². The van der Waals surface area contributed by atoms with E-state index in [1.54, 1.807) is 0 Å².